The Balaban J connectivity index is 2.54. The van der Waals surface area contributed by atoms with Crippen molar-refractivity contribution in [1.29, 1.82) is 0 Å². The Morgan fingerprint density at radius 3 is 3.00 bits per heavy atom. The molecule has 0 aliphatic rings. The predicted molar refractivity (Wildman–Crippen MR) is 51.7 cm³/mol. The molecule has 0 spiro atoms. The highest BCUT2D eigenvalue weighted by atomic mass is 16.1. The Morgan fingerprint density at radius 2 is 2.23 bits per heavy atom. The van der Waals surface area contributed by atoms with Crippen molar-refractivity contribution >= 4 is 16.8 Å². The van der Waals surface area contributed by atoms with Gasteiger partial charge in [0.05, 0.1) is 0 Å². The molecule has 0 radical (unpaired) electrons. The van der Waals surface area contributed by atoms with Crippen LogP contribution in [0.3, 0.4) is 0 Å². The van der Waals surface area contributed by atoms with Gasteiger partial charge in [-0.1, -0.05) is 6.07 Å². The fourth-order valence-electron chi connectivity index (χ4n) is 1.33. The number of H-pyrrole nitrogens is 1. The van der Waals surface area contributed by atoms with Crippen LogP contribution in [0.15, 0.2) is 30.5 Å². The highest BCUT2D eigenvalue weighted by Crippen LogP contribution is 2.13. The van der Waals surface area contributed by atoms with Gasteiger partial charge in [0.2, 0.25) is 0 Å². The standard InChI is InChI=1S/C10H10N2O/c1-11-10(13)8-3-2-7-4-5-12-9(7)6-8/h2-6,12H,1H3,(H,11,13). The molecule has 0 fully saturated rings. The number of rotatable bonds is 1. The van der Waals surface area contributed by atoms with Gasteiger partial charge in [-0.15, -0.1) is 0 Å². The molecule has 1 amide bonds. The molecule has 0 bridgehead atoms. The predicted octanol–water partition coefficient (Wildman–Crippen LogP) is 1.53. The van der Waals surface area contributed by atoms with Gasteiger partial charge in [-0.2, -0.15) is 0 Å². The lowest BCUT2D eigenvalue weighted by Gasteiger charge is -1.98. The quantitative estimate of drug-likeness (QED) is 0.676. The van der Waals surface area contributed by atoms with Gasteiger partial charge in [0, 0.05) is 24.3 Å². The zero-order valence-corrected chi connectivity index (χ0v) is 7.29. The fourth-order valence-corrected chi connectivity index (χ4v) is 1.33. The van der Waals surface area contributed by atoms with Crippen LogP contribution in [0.1, 0.15) is 10.4 Å². The van der Waals surface area contributed by atoms with Crippen LogP contribution in [0, 0.1) is 0 Å². The van der Waals surface area contributed by atoms with Gasteiger partial charge in [-0.3, -0.25) is 4.79 Å². The van der Waals surface area contributed by atoms with Crippen LogP contribution in [0.2, 0.25) is 0 Å². The maximum absolute atomic E-state index is 11.3. The number of nitrogens with one attached hydrogen (secondary N) is 2. The van der Waals surface area contributed by atoms with E-state index < -0.39 is 0 Å². The van der Waals surface area contributed by atoms with Crippen molar-refractivity contribution in [1.82, 2.24) is 10.3 Å². The summed E-state index contributed by atoms with van der Waals surface area (Å²) >= 11 is 0. The Hall–Kier alpha value is -1.77. The van der Waals surface area contributed by atoms with Crippen molar-refractivity contribution in [3.05, 3.63) is 36.0 Å². The first-order chi connectivity index (χ1) is 6.31. The molecule has 0 saturated heterocycles. The smallest absolute Gasteiger partial charge is 0.251 e. The number of fused-ring (bicyclic) bond motifs is 1. The monoisotopic (exact) mass is 174 g/mol. The summed E-state index contributed by atoms with van der Waals surface area (Å²) in [6, 6.07) is 7.56. The molecule has 2 N–H and O–H groups in total. The molecule has 0 aliphatic carbocycles. The SMILES string of the molecule is CNC(=O)c1ccc2cc[nH]c2c1. The Labute approximate surface area is 75.8 Å². The minimum absolute atomic E-state index is 0.0588. The Bertz CT molecular complexity index is 445. The molecule has 3 nitrogen and oxygen atoms in total. The summed E-state index contributed by atoms with van der Waals surface area (Å²) in [6.07, 6.45) is 1.86. The lowest BCUT2D eigenvalue weighted by atomic mass is 10.1. The molecule has 3 heteroatoms. The van der Waals surface area contributed by atoms with E-state index in [2.05, 4.69) is 10.3 Å². The first kappa shape index (κ1) is 7.86. The van der Waals surface area contributed by atoms with Crippen molar-refractivity contribution in [2.45, 2.75) is 0 Å². The lowest BCUT2D eigenvalue weighted by Crippen LogP contribution is -2.17. The van der Waals surface area contributed by atoms with E-state index in [4.69, 9.17) is 0 Å². The third-order valence-electron chi connectivity index (χ3n) is 2.04. The van der Waals surface area contributed by atoms with Crippen molar-refractivity contribution in [3.63, 3.8) is 0 Å². The summed E-state index contributed by atoms with van der Waals surface area (Å²) in [7, 11) is 1.63. The number of carbonyl (C=O) groups is 1. The van der Waals surface area contributed by atoms with Crippen molar-refractivity contribution in [2.75, 3.05) is 7.05 Å². The molecule has 0 unspecified atom stereocenters. The molecule has 2 rings (SSSR count). The average molecular weight is 174 g/mol. The van der Waals surface area contributed by atoms with E-state index in [0.29, 0.717) is 5.56 Å². The van der Waals surface area contributed by atoms with Gasteiger partial charge in [0.1, 0.15) is 0 Å². The maximum atomic E-state index is 11.3. The fraction of sp³-hybridized carbons (Fsp3) is 0.100. The molecule has 0 saturated carbocycles. The van der Waals surface area contributed by atoms with Gasteiger partial charge in [0.15, 0.2) is 0 Å². The third-order valence-corrected chi connectivity index (χ3v) is 2.04. The molecule has 1 aromatic heterocycles. The zero-order chi connectivity index (χ0) is 9.26. The molecular weight excluding hydrogens is 164 g/mol. The number of benzene rings is 1. The summed E-state index contributed by atoms with van der Waals surface area (Å²) in [5.74, 6) is -0.0588. The molecule has 1 heterocycles. The Morgan fingerprint density at radius 1 is 1.38 bits per heavy atom. The molecule has 0 aliphatic heterocycles. The minimum Gasteiger partial charge on any atom is -0.361 e. The van der Waals surface area contributed by atoms with E-state index in [1.54, 1.807) is 7.05 Å². The van der Waals surface area contributed by atoms with Crippen molar-refractivity contribution < 1.29 is 4.79 Å². The van der Waals surface area contributed by atoms with Crippen molar-refractivity contribution in [2.24, 2.45) is 0 Å². The molecular formula is C10H10N2O. The number of amides is 1. The first-order valence-corrected chi connectivity index (χ1v) is 4.10. The molecule has 13 heavy (non-hydrogen) atoms. The summed E-state index contributed by atoms with van der Waals surface area (Å²) in [5.41, 5.74) is 1.67. The van der Waals surface area contributed by atoms with E-state index in [0.717, 1.165) is 10.9 Å². The van der Waals surface area contributed by atoms with Gasteiger partial charge in [-0.05, 0) is 23.6 Å². The second-order valence-electron chi connectivity index (χ2n) is 2.86. The number of hydrogen-bond donors (Lipinski definition) is 2. The van der Waals surface area contributed by atoms with Gasteiger partial charge >= 0.3 is 0 Å². The highest BCUT2D eigenvalue weighted by molar-refractivity contribution is 5.97. The summed E-state index contributed by atoms with van der Waals surface area (Å²) < 4.78 is 0. The zero-order valence-electron chi connectivity index (χ0n) is 7.29. The van der Waals surface area contributed by atoms with E-state index in [-0.39, 0.29) is 5.91 Å². The van der Waals surface area contributed by atoms with Crippen LogP contribution < -0.4 is 5.32 Å². The summed E-state index contributed by atoms with van der Waals surface area (Å²) in [5, 5.41) is 3.70. The van der Waals surface area contributed by atoms with E-state index >= 15 is 0 Å². The highest BCUT2D eigenvalue weighted by Gasteiger charge is 2.03. The van der Waals surface area contributed by atoms with Gasteiger partial charge < -0.3 is 10.3 Å². The van der Waals surface area contributed by atoms with E-state index in [1.165, 1.54) is 0 Å². The normalized spacial score (nSPS) is 10.2. The number of aromatic nitrogens is 1. The largest absolute Gasteiger partial charge is 0.361 e. The molecule has 1 aromatic carbocycles. The van der Waals surface area contributed by atoms with Crippen LogP contribution in [-0.2, 0) is 0 Å². The average Bonchev–Trinajstić information content (AvgIpc) is 2.63. The van der Waals surface area contributed by atoms with Crippen LogP contribution in [0.5, 0.6) is 0 Å². The van der Waals surface area contributed by atoms with Crippen LogP contribution in [0.4, 0.5) is 0 Å². The second-order valence-corrected chi connectivity index (χ2v) is 2.86. The topological polar surface area (TPSA) is 44.9 Å². The summed E-state index contributed by atoms with van der Waals surface area (Å²) in [4.78, 5) is 14.3. The van der Waals surface area contributed by atoms with E-state index in [9.17, 15) is 4.79 Å². The third kappa shape index (κ3) is 1.28. The number of aromatic amines is 1. The molecule has 0 atom stereocenters. The maximum Gasteiger partial charge on any atom is 0.251 e. The molecule has 2 aromatic rings. The number of carbonyl (C=O) groups excluding carboxylic acids is 1. The van der Waals surface area contributed by atoms with E-state index in [1.807, 2.05) is 30.5 Å². The Kier molecular flexibility index (Phi) is 1.77. The van der Waals surface area contributed by atoms with Crippen molar-refractivity contribution in [3.8, 4) is 0 Å². The summed E-state index contributed by atoms with van der Waals surface area (Å²) in [6.45, 7) is 0. The first-order valence-electron chi connectivity index (χ1n) is 4.10. The van der Waals surface area contributed by atoms with Gasteiger partial charge in [-0.25, -0.2) is 0 Å². The van der Waals surface area contributed by atoms with Crippen LogP contribution >= 0.6 is 0 Å². The van der Waals surface area contributed by atoms with Gasteiger partial charge in [0.25, 0.3) is 5.91 Å². The minimum atomic E-state index is -0.0588. The lowest BCUT2D eigenvalue weighted by molar-refractivity contribution is 0.0963. The second kappa shape index (κ2) is 2.94. The number of hydrogen-bond acceptors (Lipinski definition) is 1. The van der Waals surface area contributed by atoms with Crippen LogP contribution in [-0.4, -0.2) is 17.9 Å². The van der Waals surface area contributed by atoms with Crippen LogP contribution in [0.25, 0.3) is 10.9 Å². The molecule has 66 valence electrons.